The number of rotatable bonds is 2. The summed E-state index contributed by atoms with van der Waals surface area (Å²) in [6.07, 6.45) is 3.83. The zero-order valence-corrected chi connectivity index (χ0v) is 9.72. The van der Waals surface area contributed by atoms with Gasteiger partial charge in [-0.15, -0.1) is 0 Å². The minimum atomic E-state index is -1.01. The summed E-state index contributed by atoms with van der Waals surface area (Å²) in [4.78, 5) is 4.19. The van der Waals surface area contributed by atoms with E-state index in [0.29, 0.717) is 12.1 Å². The number of hydrazine groups is 1. The van der Waals surface area contributed by atoms with Gasteiger partial charge in [-0.2, -0.15) is 0 Å². The second kappa shape index (κ2) is 5.39. The first-order valence-electron chi connectivity index (χ1n) is 5.81. The van der Waals surface area contributed by atoms with Crippen molar-refractivity contribution in [2.75, 3.05) is 0 Å². The second-order valence-electron chi connectivity index (χ2n) is 4.30. The average Bonchev–Trinajstić information content (AvgIpc) is 2.79. The monoisotopic (exact) mass is 257 g/mol. The van der Waals surface area contributed by atoms with Gasteiger partial charge < -0.3 is 5.43 Å². The molecule has 0 heterocycles. The van der Waals surface area contributed by atoms with E-state index in [1.54, 1.807) is 0 Å². The van der Waals surface area contributed by atoms with Crippen LogP contribution in [0.4, 0.5) is 13.2 Å². The molecule has 1 fully saturated rings. The van der Waals surface area contributed by atoms with Gasteiger partial charge in [-0.05, 0) is 12.8 Å². The maximum absolute atomic E-state index is 13.6. The van der Waals surface area contributed by atoms with Crippen LogP contribution in [0.25, 0.3) is 0 Å². The predicted molar refractivity (Wildman–Crippen MR) is 62.4 cm³/mol. The van der Waals surface area contributed by atoms with E-state index in [1.165, 1.54) is 0 Å². The standard InChI is InChI=1S/C12H14F3N3/c13-7-5-9(14)11(10(15)6-7)12(18-16)17-8-3-1-2-4-8/h5-6,8H,1-4,16H2,(H,17,18). The van der Waals surface area contributed by atoms with Crippen molar-refractivity contribution >= 4 is 5.84 Å². The van der Waals surface area contributed by atoms with Gasteiger partial charge in [0, 0.05) is 12.1 Å². The first-order chi connectivity index (χ1) is 8.61. The van der Waals surface area contributed by atoms with Gasteiger partial charge in [0.1, 0.15) is 23.3 Å². The fraction of sp³-hybridized carbons (Fsp3) is 0.417. The fourth-order valence-electron chi connectivity index (χ4n) is 2.16. The van der Waals surface area contributed by atoms with Crippen LogP contribution in [-0.4, -0.2) is 11.9 Å². The van der Waals surface area contributed by atoms with Gasteiger partial charge in [0.2, 0.25) is 0 Å². The molecule has 1 aliphatic rings. The Morgan fingerprint density at radius 3 is 2.22 bits per heavy atom. The van der Waals surface area contributed by atoms with Crippen molar-refractivity contribution in [2.45, 2.75) is 31.7 Å². The molecule has 0 amide bonds. The van der Waals surface area contributed by atoms with E-state index in [-0.39, 0.29) is 11.9 Å². The Hall–Kier alpha value is -1.56. The first kappa shape index (κ1) is 12.9. The quantitative estimate of drug-likeness (QED) is 0.369. The van der Waals surface area contributed by atoms with Crippen LogP contribution in [0.15, 0.2) is 17.1 Å². The van der Waals surface area contributed by atoms with Crippen LogP contribution in [0.2, 0.25) is 0 Å². The molecule has 1 aliphatic carbocycles. The summed E-state index contributed by atoms with van der Waals surface area (Å²) >= 11 is 0. The fourth-order valence-corrected chi connectivity index (χ4v) is 2.16. The molecule has 0 atom stereocenters. The lowest BCUT2D eigenvalue weighted by molar-refractivity contribution is 0.538. The molecule has 0 unspecified atom stereocenters. The normalized spacial score (nSPS) is 17.2. The highest BCUT2D eigenvalue weighted by atomic mass is 19.1. The van der Waals surface area contributed by atoms with Gasteiger partial charge in [0.25, 0.3) is 0 Å². The van der Waals surface area contributed by atoms with Crippen molar-refractivity contribution in [3.63, 3.8) is 0 Å². The molecular formula is C12H14F3N3. The van der Waals surface area contributed by atoms with Crippen molar-refractivity contribution in [1.82, 2.24) is 5.43 Å². The number of nitrogens with one attached hydrogen (secondary N) is 1. The molecule has 3 nitrogen and oxygen atoms in total. The molecule has 0 saturated heterocycles. The Bertz CT molecular complexity index is 445. The Morgan fingerprint density at radius 1 is 1.17 bits per heavy atom. The number of nitrogens with zero attached hydrogens (tertiary/aromatic N) is 1. The lowest BCUT2D eigenvalue weighted by Gasteiger charge is -2.11. The van der Waals surface area contributed by atoms with E-state index in [0.717, 1.165) is 25.7 Å². The molecule has 98 valence electrons. The molecule has 0 bridgehead atoms. The van der Waals surface area contributed by atoms with Crippen molar-refractivity contribution in [3.05, 3.63) is 35.1 Å². The van der Waals surface area contributed by atoms with Gasteiger partial charge in [-0.3, -0.25) is 4.99 Å². The topological polar surface area (TPSA) is 50.4 Å². The molecule has 3 N–H and O–H groups in total. The van der Waals surface area contributed by atoms with Gasteiger partial charge in [0.05, 0.1) is 11.6 Å². The lowest BCUT2D eigenvalue weighted by Crippen LogP contribution is -2.33. The molecule has 18 heavy (non-hydrogen) atoms. The minimum Gasteiger partial charge on any atom is -0.308 e. The SMILES string of the molecule is NNC(=NC1CCCC1)c1c(F)cc(F)cc1F. The Balaban J connectivity index is 2.38. The Labute approximate surface area is 103 Å². The van der Waals surface area contributed by atoms with Crippen LogP contribution >= 0.6 is 0 Å². The largest absolute Gasteiger partial charge is 0.308 e. The summed E-state index contributed by atoms with van der Waals surface area (Å²) in [6, 6.07) is 1.24. The molecule has 1 aromatic rings. The second-order valence-corrected chi connectivity index (χ2v) is 4.30. The predicted octanol–water partition coefficient (Wildman–Crippen LogP) is 2.26. The van der Waals surface area contributed by atoms with E-state index in [4.69, 9.17) is 5.84 Å². The Morgan fingerprint density at radius 2 is 1.72 bits per heavy atom. The van der Waals surface area contributed by atoms with Crippen LogP contribution in [0, 0.1) is 17.5 Å². The summed E-state index contributed by atoms with van der Waals surface area (Å²) in [5, 5.41) is 0. The minimum absolute atomic E-state index is 0.0138. The van der Waals surface area contributed by atoms with Crippen molar-refractivity contribution in [1.29, 1.82) is 0 Å². The highest BCUT2D eigenvalue weighted by Gasteiger charge is 2.20. The van der Waals surface area contributed by atoms with Gasteiger partial charge in [0.15, 0.2) is 0 Å². The number of aliphatic imine (C=N–C) groups is 1. The number of benzene rings is 1. The molecule has 1 aromatic carbocycles. The molecule has 0 aliphatic heterocycles. The highest BCUT2D eigenvalue weighted by molar-refractivity contribution is 5.99. The average molecular weight is 257 g/mol. The maximum atomic E-state index is 13.6. The number of halogens is 3. The number of hydrogen-bond donors (Lipinski definition) is 2. The van der Waals surface area contributed by atoms with E-state index in [1.807, 2.05) is 0 Å². The summed E-state index contributed by atoms with van der Waals surface area (Å²) in [7, 11) is 0. The smallest absolute Gasteiger partial charge is 0.148 e. The first-order valence-corrected chi connectivity index (χ1v) is 5.81. The Kier molecular flexibility index (Phi) is 3.86. The van der Waals surface area contributed by atoms with E-state index >= 15 is 0 Å². The zero-order valence-electron chi connectivity index (χ0n) is 9.72. The van der Waals surface area contributed by atoms with Crippen LogP contribution in [-0.2, 0) is 0 Å². The molecular weight excluding hydrogens is 243 g/mol. The third-order valence-corrected chi connectivity index (χ3v) is 3.02. The summed E-state index contributed by atoms with van der Waals surface area (Å²) in [5.74, 6) is 2.19. The van der Waals surface area contributed by atoms with Crippen molar-refractivity contribution < 1.29 is 13.2 Å². The highest BCUT2D eigenvalue weighted by Crippen LogP contribution is 2.22. The number of hydrogen-bond acceptors (Lipinski definition) is 2. The molecule has 0 radical (unpaired) electrons. The number of amidine groups is 1. The molecule has 0 spiro atoms. The van der Waals surface area contributed by atoms with Crippen LogP contribution in [0.5, 0.6) is 0 Å². The van der Waals surface area contributed by atoms with E-state index < -0.39 is 23.0 Å². The molecule has 2 rings (SSSR count). The van der Waals surface area contributed by atoms with Crippen molar-refractivity contribution in [2.24, 2.45) is 10.8 Å². The third kappa shape index (κ3) is 2.64. The van der Waals surface area contributed by atoms with Crippen molar-refractivity contribution in [3.8, 4) is 0 Å². The molecule has 0 aromatic heterocycles. The van der Waals surface area contributed by atoms with Crippen LogP contribution in [0.3, 0.4) is 0 Å². The molecule has 6 heteroatoms. The zero-order chi connectivity index (χ0) is 13.1. The van der Waals surface area contributed by atoms with E-state index in [9.17, 15) is 13.2 Å². The summed E-state index contributed by atoms with van der Waals surface area (Å²) in [6.45, 7) is 0. The summed E-state index contributed by atoms with van der Waals surface area (Å²) in [5.41, 5.74) is 1.78. The van der Waals surface area contributed by atoms with Gasteiger partial charge in [-0.25, -0.2) is 19.0 Å². The van der Waals surface area contributed by atoms with E-state index in [2.05, 4.69) is 10.4 Å². The lowest BCUT2D eigenvalue weighted by atomic mass is 10.1. The van der Waals surface area contributed by atoms with Crippen LogP contribution < -0.4 is 11.3 Å². The van der Waals surface area contributed by atoms with Gasteiger partial charge >= 0.3 is 0 Å². The van der Waals surface area contributed by atoms with Crippen LogP contribution in [0.1, 0.15) is 31.2 Å². The molecule has 1 saturated carbocycles. The number of nitrogens with two attached hydrogens (primary N) is 1. The van der Waals surface area contributed by atoms with Gasteiger partial charge in [-0.1, -0.05) is 12.8 Å². The maximum Gasteiger partial charge on any atom is 0.148 e. The third-order valence-electron chi connectivity index (χ3n) is 3.02. The summed E-state index contributed by atoms with van der Waals surface area (Å²) < 4.78 is 39.9.